The summed E-state index contributed by atoms with van der Waals surface area (Å²) in [4.78, 5) is 0. The number of benzene rings is 1. The van der Waals surface area contributed by atoms with Crippen LogP contribution in [0.25, 0.3) is 0 Å². The fraction of sp³-hybridized carbons (Fsp3) is 0.500. The zero-order chi connectivity index (χ0) is 13.8. The quantitative estimate of drug-likeness (QED) is 0.887. The molecular formula is C12H16F3NO2. The molecule has 1 atom stereocenters. The van der Waals surface area contributed by atoms with Gasteiger partial charge in [-0.25, -0.2) is 0 Å². The Bertz CT molecular complexity index is 393. The van der Waals surface area contributed by atoms with Crippen LogP contribution < -0.4 is 15.2 Å². The summed E-state index contributed by atoms with van der Waals surface area (Å²) in [6, 6.07) is 4.00. The van der Waals surface area contributed by atoms with Crippen molar-refractivity contribution < 1.29 is 22.6 Å². The van der Waals surface area contributed by atoms with Crippen molar-refractivity contribution >= 4 is 0 Å². The normalized spacial score (nSPS) is 13.2. The van der Waals surface area contributed by atoms with E-state index >= 15 is 0 Å². The topological polar surface area (TPSA) is 44.5 Å². The molecule has 102 valence electrons. The van der Waals surface area contributed by atoms with Gasteiger partial charge in [0.2, 0.25) is 0 Å². The number of nitrogens with two attached hydrogens (primary N) is 1. The number of halogens is 3. The first-order valence-electron chi connectivity index (χ1n) is 5.39. The molecule has 0 aliphatic heterocycles. The zero-order valence-electron chi connectivity index (χ0n) is 10.3. The van der Waals surface area contributed by atoms with Crippen LogP contribution in [-0.4, -0.2) is 26.4 Å². The van der Waals surface area contributed by atoms with Crippen LogP contribution in [-0.2, 0) is 6.42 Å². The van der Waals surface area contributed by atoms with Crippen molar-refractivity contribution in [2.45, 2.75) is 25.1 Å². The van der Waals surface area contributed by atoms with Gasteiger partial charge in [-0.3, -0.25) is 0 Å². The number of hydrogen-bond donors (Lipinski definition) is 1. The molecule has 1 aromatic rings. The Labute approximate surface area is 104 Å². The molecule has 2 N–H and O–H groups in total. The third-order valence-corrected chi connectivity index (χ3v) is 2.44. The van der Waals surface area contributed by atoms with E-state index in [1.54, 1.807) is 18.2 Å². The van der Waals surface area contributed by atoms with E-state index < -0.39 is 18.6 Å². The van der Waals surface area contributed by atoms with E-state index in [4.69, 9.17) is 15.2 Å². The Kier molecular flexibility index (Phi) is 4.84. The van der Waals surface area contributed by atoms with Crippen molar-refractivity contribution in [1.82, 2.24) is 0 Å². The van der Waals surface area contributed by atoms with E-state index in [1.165, 1.54) is 14.2 Å². The molecule has 0 heterocycles. The fourth-order valence-electron chi connectivity index (χ4n) is 1.68. The van der Waals surface area contributed by atoms with Crippen molar-refractivity contribution in [1.29, 1.82) is 0 Å². The van der Waals surface area contributed by atoms with Gasteiger partial charge in [0.15, 0.2) is 11.5 Å². The Hall–Kier alpha value is -1.43. The molecule has 0 saturated carbocycles. The molecule has 0 amide bonds. The Balaban J connectivity index is 2.73. The van der Waals surface area contributed by atoms with Crippen LogP contribution in [0.1, 0.15) is 12.0 Å². The smallest absolute Gasteiger partial charge is 0.390 e. The van der Waals surface area contributed by atoms with Crippen LogP contribution >= 0.6 is 0 Å². The predicted molar refractivity (Wildman–Crippen MR) is 61.9 cm³/mol. The van der Waals surface area contributed by atoms with Gasteiger partial charge in [0.25, 0.3) is 0 Å². The summed E-state index contributed by atoms with van der Waals surface area (Å²) in [5, 5.41) is 0. The molecule has 6 heteroatoms. The third-order valence-electron chi connectivity index (χ3n) is 2.44. The number of methoxy groups -OCH3 is 2. The average Bonchev–Trinajstić information content (AvgIpc) is 2.26. The number of hydrogen-bond acceptors (Lipinski definition) is 3. The van der Waals surface area contributed by atoms with Gasteiger partial charge >= 0.3 is 6.18 Å². The number of ether oxygens (including phenoxy) is 2. The van der Waals surface area contributed by atoms with Crippen molar-refractivity contribution in [3.63, 3.8) is 0 Å². The molecule has 0 radical (unpaired) electrons. The average molecular weight is 263 g/mol. The standard InChI is InChI=1S/C12H16F3NO2/c1-17-10-4-3-8(6-11(10)18-2)5-9(16)7-12(13,14)15/h3-4,6,9H,5,7,16H2,1-2H3. The Morgan fingerprint density at radius 3 is 2.28 bits per heavy atom. The second kappa shape index (κ2) is 5.95. The zero-order valence-corrected chi connectivity index (χ0v) is 10.3. The molecule has 0 aromatic heterocycles. The lowest BCUT2D eigenvalue weighted by atomic mass is 10.0. The maximum atomic E-state index is 12.1. The summed E-state index contributed by atoms with van der Waals surface area (Å²) < 4.78 is 46.6. The van der Waals surface area contributed by atoms with Crippen LogP contribution in [0, 0.1) is 0 Å². The summed E-state index contributed by atoms with van der Waals surface area (Å²) in [6.45, 7) is 0. The van der Waals surface area contributed by atoms with E-state index in [0.717, 1.165) is 0 Å². The lowest BCUT2D eigenvalue weighted by Gasteiger charge is -2.15. The molecular weight excluding hydrogens is 247 g/mol. The van der Waals surface area contributed by atoms with Crippen molar-refractivity contribution in [3.8, 4) is 11.5 Å². The second-order valence-electron chi connectivity index (χ2n) is 3.97. The molecule has 1 rings (SSSR count). The van der Waals surface area contributed by atoms with Crippen molar-refractivity contribution in [2.24, 2.45) is 5.73 Å². The SMILES string of the molecule is COc1ccc(CC(N)CC(F)(F)F)cc1OC. The van der Waals surface area contributed by atoms with Crippen molar-refractivity contribution in [3.05, 3.63) is 23.8 Å². The fourth-order valence-corrected chi connectivity index (χ4v) is 1.68. The highest BCUT2D eigenvalue weighted by Crippen LogP contribution is 2.29. The highest BCUT2D eigenvalue weighted by molar-refractivity contribution is 5.43. The van der Waals surface area contributed by atoms with E-state index in [0.29, 0.717) is 17.1 Å². The molecule has 0 aliphatic carbocycles. The second-order valence-corrected chi connectivity index (χ2v) is 3.97. The highest BCUT2D eigenvalue weighted by atomic mass is 19.4. The van der Waals surface area contributed by atoms with Crippen LogP contribution in [0.15, 0.2) is 18.2 Å². The summed E-state index contributed by atoms with van der Waals surface area (Å²) in [6.07, 6.45) is -5.10. The van der Waals surface area contributed by atoms with Gasteiger partial charge in [-0.05, 0) is 24.1 Å². The minimum atomic E-state index is -4.24. The maximum absolute atomic E-state index is 12.1. The van der Waals surface area contributed by atoms with Gasteiger partial charge in [-0.1, -0.05) is 6.07 Å². The lowest BCUT2D eigenvalue weighted by Crippen LogP contribution is -2.29. The highest BCUT2D eigenvalue weighted by Gasteiger charge is 2.30. The molecule has 0 spiro atoms. The van der Waals surface area contributed by atoms with Gasteiger partial charge in [-0.15, -0.1) is 0 Å². The largest absolute Gasteiger partial charge is 0.493 e. The molecule has 18 heavy (non-hydrogen) atoms. The molecule has 1 unspecified atom stereocenters. The molecule has 0 fully saturated rings. The molecule has 1 aromatic carbocycles. The van der Waals surface area contributed by atoms with Crippen LogP contribution in [0.3, 0.4) is 0 Å². The van der Waals surface area contributed by atoms with E-state index in [2.05, 4.69) is 0 Å². The summed E-state index contributed by atoms with van der Waals surface area (Å²) in [7, 11) is 2.96. The van der Waals surface area contributed by atoms with Gasteiger partial charge in [0, 0.05) is 6.04 Å². The summed E-state index contributed by atoms with van der Waals surface area (Å²) in [5.41, 5.74) is 6.15. The van der Waals surface area contributed by atoms with E-state index in [9.17, 15) is 13.2 Å². The van der Waals surface area contributed by atoms with Crippen LogP contribution in [0.2, 0.25) is 0 Å². The van der Waals surface area contributed by atoms with E-state index in [1.807, 2.05) is 0 Å². The number of alkyl halides is 3. The van der Waals surface area contributed by atoms with Gasteiger partial charge in [0.1, 0.15) is 0 Å². The first-order chi connectivity index (χ1) is 8.35. The third kappa shape index (κ3) is 4.44. The maximum Gasteiger partial charge on any atom is 0.390 e. The Morgan fingerprint density at radius 1 is 1.17 bits per heavy atom. The van der Waals surface area contributed by atoms with Crippen LogP contribution in [0.4, 0.5) is 13.2 Å². The monoisotopic (exact) mass is 263 g/mol. The lowest BCUT2D eigenvalue weighted by molar-refractivity contribution is -0.138. The summed E-state index contributed by atoms with van der Waals surface area (Å²) >= 11 is 0. The first kappa shape index (κ1) is 14.6. The predicted octanol–water partition coefficient (Wildman–Crippen LogP) is 2.53. The van der Waals surface area contributed by atoms with Crippen LogP contribution in [0.5, 0.6) is 11.5 Å². The van der Waals surface area contributed by atoms with Gasteiger partial charge < -0.3 is 15.2 Å². The molecule has 0 aliphatic rings. The van der Waals surface area contributed by atoms with E-state index in [-0.39, 0.29) is 6.42 Å². The van der Waals surface area contributed by atoms with Crippen molar-refractivity contribution in [2.75, 3.05) is 14.2 Å². The molecule has 0 saturated heterocycles. The first-order valence-corrected chi connectivity index (χ1v) is 5.39. The Morgan fingerprint density at radius 2 is 1.78 bits per heavy atom. The molecule has 3 nitrogen and oxygen atoms in total. The summed E-state index contributed by atoms with van der Waals surface area (Å²) in [5.74, 6) is 1.01. The molecule has 0 bridgehead atoms. The number of rotatable bonds is 5. The van der Waals surface area contributed by atoms with Gasteiger partial charge in [0.05, 0.1) is 20.6 Å². The minimum Gasteiger partial charge on any atom is -0.493 e. The van der Waals surface area contributed by atoms with Gasteiger partial charge in [-0.2, -0.15) is 13.2 Å². The minimum absolute atomic E-state index is 0.139.